The number of Topliss-reactive ketones (excluding diaryl/α,β-unsaturated/α-hetero) is 1. The smallest absolute Gasteiger partial charge is 0.169 e. The maximum Gasteiger partial charge on any atom is 0.169 e. The second-order valence-electron chi connectivity index (χ2n) is 4.04. The highest BCUT2D eigenvalue weighted by atomic mass is 19.1. The Morgan fingerprint density at radius 1 is 1.53 bits per heavy atom. The molecule has 1 atom stereocenters. The van der Waals surface area contributed by atoms with Gasteiger partial charge in [0.1, 0.15) is 11.6 Å². The SMILES string of the molecule is COc1ccc(F)cc1C(=O)C(C)CCCN. The quantitative estimate of drug-likeness (QED) is 0.775. The van der Waals surface area contributed by atoms with E-state index in [1.165, 1.54) is 25.3 Å². The molecule has 0 bridgehead atoms. The van der Waals surface area contributed by atoms with Gasteiger partial charge in [-0.15, -0.1) is 0 Å². The van der Waals surface area contributed by atoms with Gasteiger partial charge in [-0.2, -0.15) is 0 Å². The van der Waals surface area contributed by atoms with E-state index in [1.807, 2.05) is 6.92 Å². The van der Waals surface area contributed by atoms with Crippen molar-refractivity contribution in [3.05, 3.63) is 29.6 Å². The van der Waals surface area contributed by atoms with Crippen LogP contribution in [0.1, 0.15) is 30.1 Å². The second-order valence-corrected chi connectivity index (χ2v) is 4.04. The van der Waals surface area contributed by atoms with Crippen molar-refractivity contribution in [3.63, 3.8) is 0 Å². The Morgan fingerprint density at radius 2 is 2.24 bits per heavy atom. The van der Waals surface area contributed by atoms with E-state index in [0.29, 0.717) is 24.3 Å². The van der Waals surface area contributed by atoms with Crippen molar-refractivity contribution in [2.24, 2.45) is 11.7 Å². The molecule has 1 rings (SSSR count). The van der Waals surface area contributed by atoms with E-state index in [4.69, 9.17) is 10.5 Å². The van der Waals surface area contributed by atoms with Gasteiger partial charge in [-0.3, -0.25) is 4.79 Å². The summed E-state index contributed by atoms with van der Waals surface area (Å²) in [4.78, 5) is 12.1. The Bertz CT molecular complexity index is 393. The summed E-state index contributed by atoms with van der Waals surface area (Å²) < 4.78 is 18.2. The third-order valence-corrected chi connectivity index (χ3v) is 2.72. The molecule has 0 heterocycles. The van der Waals surface area contributed by atoms with Crippen LogP contribution in [0.2, 0.25) is 0 Å². The summed E-state index contributed by atoms with van der Waals surface area (Å²) in [6, 6.07) is 3.97. The first-order valence-corrected chi connectivity index (χ1v) is 5.68. The van der Waals surface area contributed by atoms with Gasteiger partial charge in [0.25, 0.3) is 0 Å². The van der Waals surface area contributed by atoms with Gasteiger partial charge in [0.2, 0.25) is 0 Å². The predicted molar refractivity (Wildman–Crippen MR) is 64.7 cm³/mol. The lowest BCUT2D eigenvalue weighted by Crippen LogP contribution is -2.14. The number of hydrogen-bond donors (Lipinski definition) is 1. The Kier molecular flexibility index (Phi) is 5.10. The zero-order valence-electron chi connectivity index (χ0n) is 10.2. The fourth-order valence-electron chi connectivity index (χ4n) is 1.69. The predicted octanol–water partition coefficient (Wildman–Crippen LogP) is 2.39. The Hall–Kier alpha value is -1.42. The molecule has 4 heteroatoms. The zero-order chi connectivity index (χ0) is 12.8. The van der Waals surface area contributed by atoms with Gasteiger partial charge < -0.3 is 10.5 Å². The molecule has 0 saturated carbocycles. The molecule has 0 aliphatic heterocycles. The summed E-state index contributed by atoms with van der Waals surface area (Å²) >= 11 is 0. The topological polar surface area (TPSA) is 52.3 Å². The van der Waals surface area contributed by atoms with Gasteiger partial charge in [-0.05, 0) is 37.6 Å². The molecule has 17 heavy (non-hydrogen) atoms. The van der Waals surface area contributed by atoms with E-state index in [9.17, 15) is 9.18 Å². The maximum atomic E-state index is 13.1. The summed E-state index contributed by atoms with van der Waals surface area (Å²) in [7, 11) is 1.47. The molecule has 3 nitrogen and oxygen atoms in total. The molecule has 94 valence electrons. The fourth-order valence-corrected chi connectivity index (χ4v) is 1.69. The minimum atomic E-state index is -0.430. The van der Waals surface area contributed by atoms with Crippen molar-refractivity contribution in [1.82, 2.24) is 0 Å². The van der Waals surface area contributed by atoms with Crippen LogP contribution < -0.4 is 10.5 Å². The molecule has 0 spiro atoms. The molecule has 1 unspecified atom stereocenters. The Morgan fingerprint density at radius 3 is 2.82 bits per heavy atom. The summed E-state index contributed by atoms with van der Waals surface area (Å²) in [5, 5.41) is 0. The standard InChI is InChI=1S/C13H18FNO2/c1-9(4-3-7-15)13(16)11-8-10(14)5-6-12(11)17-2/h5-6,8-9H,3-4,7,15H2,1-2H3. The first kappa shape index (κ1) is 13.6. The van der Waals surface area contributed by atoms with E-state index in [1.54, 1.807) is 0 Å². The number of rotatable bonds is 6. The fraction of sp³-hybridized carbons (Fsp3) is 0.462. The van der Waals surface area contributed by atoms with Crippen LogP contribution in [-0.2, 0) is 0 Å². The average molecular weight is 239 g/mol. The van der Waals surface area contributed by atoms with Crippen LogP contribution in [0.5, 0.6) is 5.75 Å². The molecule has 0 aliphatic carbocycles. The molecule has 0 saturated heterocycles. The number of nitrogens with two attached hydrogens (primary N) is 1. The largest absolute Gasteiger partial charge is 0.496 e. The number of ether oxygens (including phenoxy) is 1. The minimum absolute atomic E-state index is 0.102. The van der Waals surface area contributed by atoms with Crippen molar-refractivity contribution in [2.75, 3.05) is 13.7 Å². The van der Waals surface area contributed by atoms with Crippen LogP contribution in [0.4, 0.5) is 4.39 Å². The normalized spacial score (nSPS) is 12.2. The van der Waals surface area contributed by atoms with E-state index >= 15 is 0 Å². The molecule has 0 amide bonds. The second kappa shape index (κ2) is 6.35. The average Bonchev–Trinajstić information content (AvgIpc) is 2.34. The van der Waals surface area contributed by atoms with E-state index < -0.39 is 5.82 Å². The first-order valence-electron chi connectivity index (χ1n) is 5.68. The molecule has 1 aromatic carbocycles. The zero-order valence-corrected chi connectivity index (χ0v) is 10.2. The van der Waals surface area contributed by atoms with Crippen molar-refractivity contribution in [1.29, 1.82) is 0 Å². The lowest BCUT2D eigenvalue weighted by atomic mass is 9.94. The number of halogens is 1. The lowest BCUT2D eigenvalue weighted by molar-refractivity contribution is 0.0919. The van der Waals surface area contributed by atoms with Crippen LogP contribution in [-0.4, -0.2) is 19.4 Å². The summed E-state index contributed by atoms with van der Waals surface area (Å²) in [6.45, 7) is 2.38. The third kappa shape index (κ3) is 3.53. The highest BCUT2D eigenvalue weighted by molar-refractivity contribution is 6.00. The Balaban J connectivity index is 2.90. The monoisotopic (exact) mass is 239 g/mol. The van der Waals surface area contributed by atoms with Crippen molar-refractivity contribution in [3.8, 4) is 5.75 Å². The molecule has 0 radical (unpaired) electrons. The summed E-state index contributed by atoms with van der Waals surface area (Å²) in [5.74, 6) is -0.291. The van der Waals surface area contributed by atoms with Crippen LogP contribution in [0.15, 0.2) is 18.2 Å². The van der Waals surface area contributed by atoms with Crippen molar-refractivity contribution in [2.45, 2.75) is 19.8 Å². The van der Waals surface area contributed by atoms with Gasteiger partial charge in [0, 0.05) is 5.92 Å². The van der Waals surface area contributed by atoms with Crippen LogP contribution in [0, 0.1) is 11.7 Å². The molecule has 0 aliphatic rings. The Labute approximate surface area is 101 Å². The number of carbonyl (C=O) groups is 1. The van der Waals surface area contributed by atoms with Gasteiger partial charge in [0.05, 0.1) is 12.7 Å². The van der Waals surface area contributed by atoms with E-state index in [2.05, 4.69) is 0 Å². The highest BCUT2D eigenvalue weighted by Crippen LogP contribution is 2.24. The molecular formula is C13H18FNO2. The maximum absolute atomic E-state index is 13.1. The summed E-state index contributed by atoms with van der Waals surface area (Å²) in [5.41, 5.74) is 5.70. The van der Waals surface area contributed by atoms with Gasteiger partial charge in [-0.1, -0.05) is 6.92 Å². The van der Waals surface area contributed by atoms with Crippen molar-refractivity contribution >= 4 is 5.78 Å². The summed E-state index contributed by atoms with van der Waals surface area (Å²) in [6.07, 6.45) is 1.49. The van der Waals surface area contributed by atoms with Crippen LogP contribution in [0.3, 0.4) is 0 Å². The number of carbonyl (C=O) groups excluding carboxylic acids is 1. The molecule has 1 aromatic rings. The molecule has 0 aromatic heterocycles. The van der Waals surface area contributed by atoms with Crippen LogP contribution in [0.25, 0.3) is 0 Å². The first-order chi connectivity index (χ1) is 8.10. The lowest BCUT2D eigenvalue weighted by Gasteiger charge is -2.12. The molecule has 2 N–H and O–H groups in total. The molecular weight excluding hydrogens is 221 g/mol. The van der Waals surface area contributed by atoms with E-state index in [0.717, 1.165) is 6.42 Å². The van der Waals surface area contributed by atoms with Gasteiger partial charge >= 0.3 is 0 Å². The number of methoxy groups -OCH3 is 1. The third-order valence-electron chi connectivity index (χ3n) is 2.72. The van der Waals surface area contributed by atoms with E-state index in [-0.39, 0.29) is 11.7 Å². The van der Waals surface area contributed by atoms with Gasteiger partial charge in [-0.25, -0.2) is 4.39 Å². The highest BCUT2D eigenvalue weighted by Gasteiger charge is 2.19. The number of benzene rings is 1. The minimum Gasteiger partial charge on any atom is -0.496 e. The molecule has 0 fully saturated rings. The number of hydrogen-bond acceptors (Lipinski definition) is 3. The van der Waals surface area contributed by atoms with Crippen LogP contribution >= 0.6 is 0 Å². The van der Waals surface area contributed by atoms with Gasteiger partial charge in [0.15, 0.2) is 5.78 Å². The van der Waals surface area contributed by atoms with Crippen molar-refractivity contribution < 1.29 is 13.9 Å². The number of ketones is 1.